The van der Waals surface area contributed by atoms with Gasteiger partial charge in [-0.25, -0.2) is 5.43 Å². The van der Waals surface area contributed by atoms with Crippen LogP contribution in [0.4, 0.5) is 5.69 Å². The lowest BCUT2D eigenvalue weighted by Gasteiger charge is -2.40. The van der Waals surface area contributed by atoms with Gasteiger partial charge >= 0.3 is 0 Å². The highest BCUT2D eigenvalue weighted by Crippen LogP contribution is 2.37. The summed E-state index contributed by atoms with van der Waals surface area (Å²) in [5, 5.41) is 4.08. The third kappa shape index (κ3) is 3.48. The van der Waals surface area contributed by atoms with Gasteiger partial charge in [-0.15, -0.1) is 0 Å². The van der Waals surface area contributed by atoms with Crippen molar-refractivity contribution < 1.29 is 4.79 Å². The number of allylic oxidation sites excluding steroid dienone is 1. The molecule has 0 radical (unpaired) electrons. The third-order valence-electron chi connectivity index (χ3n) is 4.66. The lowest BCUT2D eigenvalue weighted by molar-refractivity contribution is 0.0955. The van der Waals surface area contributed by atoms with Gasteiger partial charge in [-0.1, -0.05) is 30.3 Å². The molecule has 1 aliphatic heterocycles. The molecule has 1 heterocycles. The first-order chi connectivity index (χ1) is 11.9. The number of fused-ring (bicyclic) bond motifs is 1. The largest absolute Gasteiger partial charge is 0.366 e. The Morgan fingerprint density at radius 1 is 1.16 bits per heavy atom. The Hall–Kier alpha value is -2.88. The van der Waals surface area contributed by atoms with Crippen LogP contribution >= 0.6 is 0 Å². The maximum absolute atomic E-state index is 12.0. The summed E-state index contributed by atoms with van der Waals surface area (Å²) in [5.41, 5.74) is 7.76. The van der Waals surface area contributed by atoms with E-state index >= 15 is 0 Å². The van der Waals surface area contributed by atoms with E-state index < -0.39 is 0 Å². The van der Waals surface area contributed by atoms with Gasteiger partial charge in [0.2, 0.25) is 0 Å². The summed E-state index contributed by atoms with van der Waals surface area (Å²) in [5.74, 6) is -0.215. The molecule has 2 aromatic carbocycles. The van der Waals surface area contributed by atoms with Crippen LogP contribution in [-0.2, 0) is 0 Å². The SMILES string of the molecule is CC1=CC(C)(C)N(C)c2ccc(/C=N\NC(=O)c3ccccc3)cc21. The van der Waals surface area contributed by atoms with Crippen molar-refractivity contribution in [3.8, 4) is 0 Å². The summed E-state index contributed by atoms with van der Waals surface area (Å²) in [6.07, 6.45) is 3.95. The summed E-state index contributed by atoms with van der Waals surface area (Å²) in [6, 6.07) is 15.3. The second-order valence-electron chi connectivity index (χ2n) is 6.88. The van der Waals surface area contributed by atoms with E-state index in [1.807, 2.05) is 24.3 Å². The number of benzene rings is 2. The van der Waals surface area contributed by atoms with E-state index in [4.69, 9.17) is 0 Å². The predicted octanol–water partition coefficient (Wildman–Crippen LogP) is 4.08. The third-order valence-corrected chi connectivity index (χ3v) is 4.66. The summed E-state index contributed by atoms with van der Waals surface area (Å²) in [7, 11) is 2.11. The molecule has 0 spiro atoms. The molecule has 0 saturated heterocycles. The molecule has 3 rings (SSSR count). The van der Waals surface area contributed by atoms with Crippen molar-refractivity contribution in [2.24, 2.45) is 5.10 Å². The number of carbonyl (C=O) groups excluding carboxylic acids is 1. The maximum atomic E-state index is 12.0. The molecule has 4 nitrogen and oxygen atoms in total. The molecule has 0 atom stereocenters. The first-order valence-electron chi connectivity index (χ1n) is 8.35. The number of hydrogen-bond acceptors (Lipinski definition) is 3. The molecule has 2 aromatic rings. The van der Waals surface area contributed by atoms with Gasteiger partial charge in [-0.2, -0.15) is 5.10 Å². The first kappa shape index (κ1) is 17.0. The van der Waals surface area contributed by atoms with Crippen LogP contribution in [0, 0.1) is 0 Å². The molecular weight excluding hydrogens is 310 g/mol. The number of nitrogens with one attached hydrogen (secondary N) is 1. The zero-order valence-corrected chi connectivity index (χ0v) is 15.1. The minimum atomic E-state index is -0.215. The smallest absolute Gasteiger partial charge is 0.271 e. The fraction of sp³-hybridized carbons (Fsp3) is 0.238. The lowest BCUT2D eigenvalue weighted by Crippen LogP contribution is -2.42. The Labute approximate surface area is 148 Å². The van der Waals surface area contributed by atoms with E-state index in [2.05, 4.69) is 61.5 Å². The maximum Gasteiger partial charge on any atom is 0.271 e. The minimum absolute atomic E-state index is 0.00362. The van der Waals surface area contributed by atoms with Crippen molar-refractivity contribution in [2.75, 3.05) is 11.9 Å². The highest BCUT2D eigenvalue weighted by molar-refractivity contribution is 5.95. The zero-order chi connectivity index (χ0) is 18.0. The van der Waals surface area contributed by atoms with Crippen molar-refractivity contribution in [1.82, 2.24) is 5.43 Å². The van der Waals surface area contributed by atoms with Gasteiger partial charge in [0.15, 0.2) is 0 Å². The molecule has 0 saturated carbocycles. The number of likely N-dealkylation sites (N-methyl/N-ethyl adjacent to an activating group) is 1. The molecule has 128 valence electrons. The Morgan fingerprint density at radius 2 is 1.88 bits per heavy atom. The van der Waals surface area contributed by atoms with Gasteiger partial charge in [0, 0.05) is 23.9 Å². The molecule has 0 aromatic heterocycles. The van der Waals surface area contributed by atoms with Gasteiger partial charge in [-0.3, -0.25) is 4.79 Å². The summed E-state index contributed by atoms with van der Waals surface area (Å²) >= 11 is 0. The highest BCUT2D eigenvalue weighted by atomic mass is 16.2. The van der Waals surface area contributed by atoms with Crippen molar-refractivity contribution in [1.29, 1.82) is 0 Å². The fourth-order valence-corrected chi connectivity index (χ4v) is 3.08. The van der Waals surface area contributed by atoms with Crippen molar-refractivity contribution in [3.05, 3.63) is 71.3 Å². The molecule has 1 amide bonds. The van der Waals surface area contributed by atoms with Gasteiger partial charge < -0.3 is 4.90 Å². The molecule has 0 fully saturated rings. The van der Waals surface area contributed by atoms with E-state index in [1.54, 1.807) is 18.3 Å². The molecule has 0 aliphatic carbocycles. The van der Waals surface area contributed by atoms with Gasteiger partial charge in [0.1, 0.15) is 0 Å². The number of carbonyl (C=O) groups is 1. The average Bonchev–Trinajstić information content (AvgIpc) is 2.60. The predicted molar refractivity (Wildman–Crippen MR) is 104 cm³/mol. The summed E-state index contributed by atoms with van der Waals surface area (Å²) < 4.78 is 0. The van der Waals surface area contributed by atoms with Crippen molar-refractivity contribution in [3.63, 3.8) is 0 Å². The van der Waals surface area contributed by atoms with Gasteiger partial charge in [0.25, 0.3) is 5.91 Å². The molecule has 4 heteroatoms. The first-order valence-corrected chi connectivity index (χ1v) is 8.35. The van der Waals surface area contributed by atoms with Crippen LogP contribution in [0.3, 0.4) is 0 Å². The molecule has 0 bridgehead atoms. The standard InChI is InChI=1S/C21H23N3O/c1-15-13-21(2,3)24(4)19-11-10-16(12-18(15)19)14-22-23-20(25)17-8-6-5-7-9-17/h5-14H,1-4H3,(H,23,25)/b22-14-. The van der Waals surface area contributed by atoms with Gasteiger partial charge in [0.05, 0.1) is 11.8 Å². The molecule has 0 unspecified atom stereocenters. The van der Waals surface area contributed by atoms with Crippen LogP contribution in [0.2, 0.25) is 0 Å². The number of hydrazone groups is 1. The molecule has 1 N–H and O–H groups in total. The topological polar surface area (TPSA) is 44.7 Å². The summed E-state index contributed by atoms with van der Waals surface area (Å²) in [6.45, 7) is 6.54. The Bertz CT molecular complexity index is 851. The Morgan fingerprint density at radius 3 is 2.60 bits per heavy atom. The monoisotopic (exact) mass is 333 g/mol. The van der Waals surface area contributed by atoms with Crippen LogP contribution in [-0.4, -0.2) is 24.7 Å². The van der Waals surface area contributed by atoms with E-state index in [1.165, 1.54) is 16.8 Å². The number of nitrogens with zero attached hydrogens (tertiary/aromatic N) is 2. The highest BCUT2D eigenvalue weighted by Gasteiger charge is 2.28. The number of amides is 1. The summed E-state index contributed by atoms with van der Waals surface area (Å²) in [4.78, 5) is 14.3. The van der Waals surface area contributed by atoms with Crippen LogP contribution < -0.4 is 10.3 Å². The molecule has 25 heavy (non-hydrogen) atoms. The number of rotatable bonds is 3. The van der Waals surface area contributed by atoms with E-state index in [0.29, 0.717) is 5.56 Å². The zero-order valence-electron chi connectivity index (χ0n) is 15.1. The lowest BCUT2D eigenvalue weighted by atomic mass is 9.89. The second kappa shape index (κ2) is 6.55. The quantitative estimate of drug-likeness (QED) is 0.679. The van der Waals surface area contributed by atoms with E-state index in [-0.39, 0.29) is 11.4 Å². The minimum Gasteiger partial charge on any atom is -0.366 e. The normalized spacial score (nSPS) is 15.7. The second-order valence-corrected chi connectivity index (χ2v) is 6.88. The van der Waals surface area contributed by atoms with Crippen molar-refractivity contribution >= 4 is 23.4 Å². The van der Waals surface area contributed by atoms with Crippen molar-refractivity contribution in [2.45, 2.75) is 26.3 Å². The number of hydrogen-bond donors (Lipinski definition) is 1. The number of anilines is 1. The molecular formula is C21H23N3O. The van der Waals surface area contributed by atoms with E-state index in [9.17, 15) is 4.79 Å². The average molecular weight is 333 g/mol. The van der Waals surface area contributed by atoms with E-state index in [0.717, 1.165) is 5.56 Å². The Balaban J connectivity index is 1.77. The fourth-order valence-electron chi connectivity index (χ4n) is 3.08. The van der Waals surface area contributed by atoms with Crippen LogP contribution in [0.1, 0.15) is 42.3 Å². The Kier molecular flexibility index (Phi) is 4.45. The van der Waals surface area contributed by atoms with Gasteiger partial charge in [-0.05, 0) is 56.2 Å². The van der Waals surface area contributed by atoms with Crippen LogP contribution in [0.15, 0.2) is 59.7 Å². The van der Waals surface area contributed by atoms with Crippen LogP contribution in [0.25, 0.3) is 5.57 Å². The van der Waals surface area contributed by atoms with Crippen LogP contribution in [0.5, 0.6) is 0 Å². The molecule has 1 aliphatic rings.